The van der Waals surface area contributed by atoms with Crippen molar-refractivity contribution in [2.45, 2.75) is 50.0 Å². The lowest BCUT2D eigenvalue weighted by atomic mass is 9.99. The molecule has 6 rings (SSSR count). The molecule has 0 amide bonds. The number of aromatic amines is 1. The number of nitrogens with one attached hydrogen (secondary N) is 1. The number of anilines is 2. The number of imidazole rings is 2. The van der Waals surface area contributed by atoms with Gasteiger partial charge in [-0.3, -0.25) is 28.0 Å². The van der Waals surface area contributed by atoms with Crippen molar-refractivity contribution in [3.05, 3.63) is 29.3 Å². The summed E-state index contributed by atoms with van der Waals surface area (Å²) in [6, 6.07) is 0. The predicted octanol–water partition coefficient (Wildman–Crippen LogP) is -0.314. The van der Waals surface area contributed by atoms with Crippen LogP contribution in [0.1, 0.15) is 19.4 Å². The standard InChI is InChI=1S/C21H26FN10O8PS/c1-7-2-37-13-8(39-20(9(13)22)32-6-27-10-15(23)25-4-26-16(10)32)3-38-41(36,42)40-14(12(7)33)19(35)31-5-28-11-17(31)29-21(24)30-18(11)34/h4-9,12-14,19-20,33,35H,2-3H2,1H3,(H,36,42)(H2,23,25,26)(H3,24,29,30,34). The number of nitrogen functional groups attached to an aromatic ring is 2. The molecule has 2 fully saturated rings. The van der Waals surface area contributed by atoms with E-state index in [1.54, 1.807) is 6.92 Å². The van der Waals surface area contributed by atoms with Crippen molar-refractivity contribution in [3.63, 3.8) is 0 Å². The fourth-order valence-corrected chi connectivity index (χ4v) is 6.40. The van der Waals surface area contributed by atoms with E-state index in [0.29, 0.717) is 0 Å². The average molecular weight is 629 g/mol. The number of aliphatic hydroxyl groups excluding tert-OH is 2. The molecule has 4 aromatic heterocycles. The fourth-order valence-electron chi connectivity index (χ4n) is 4.93. The smallest absolute Gasteiger partial charge is 0.386 e. The minimum atomic E-state index is -4.36. The zero-order valence-corrected chi connectivity index (χ0v) is 23.5. The lowest BCUT2D eigenvalue weighted by Crippen LogP contribution is -2.42. The van der Waals surface area contributed by atoms with Gasteiger partial charge in [-0.1, -0.05) is 19.2 Å². The molecule has 42 heavy (non-hydrogen) atoms. The number of hydrogen-bond donors (Lipinski definition) is 6. The van der Waals surface area contributed by atoms with Gasteiger partial charge in [-0.25, -0.2) is 28.9 Å². The molecule has 0 aliphatic carbocycles. The Morgan fingerprint density at radius 3 is 2.74 bits per heavy atom. The molecule has 0 bridgehead atoms. The van der Waals surface area contributed by atoms with E-state index < -0.39 is 67.9 Å². The second-order valence-corrected chi connectivity index (χ2v) is 12.8. The molecule has 2 aliphatic rings. The van der Waals surface area contributed by atoms with Gasteiger partial charge in [0.1, 0.15) is 30.2 Å². The molecule has 6 heterocycles. The molecule has 0 aromatic carbocycles. The predicted molar refractivity (Wildman–Crippen MR) is 145 cm³/mol. The summed E-state index contributed by atoms with van der Waals surface area (Å²) in [7, 11) is 0. The third kappa shape index (κ3) is 5.02. The van der Waals surface area contributed by atoms with Crippen molar-refractivity contribution >= 4 is 53.1 Å². The Morgan fingerprint density at radius 2 is 1.95 bits per heavy atom. The van der Waals surface area contributed by atoms with Crippen molar-refractivity contribution < 1.29 is 37.7 Å². The third-order valence-corrected chi connectivity index (χ3v) is 8.70. The number of alkyl halides is 1. The minimum Gasteiger partial charge on any atom is -0.390 e. The number of halogens is 1. The number of rotatable bonds is 3. The summed E-state index contributed by atoms with van der Waals surface area (Å²) in [5.74, 6) is -0.981. The maximum absolute atomic E-state index is 15.9. The van der Waals surface area contributed by atoms with E-state index in [2.05, 4.69) is 42.2 Å². The lowest BCUT2D eigenvalue weighted by molar-refractivity contribution is -0.109. The number of aliphatic hydroxyl groups is 2. The third-order valence-electron chi connectivity index (χ3n) is 7.09. The zero-order chi connectivity index (χ0) is 29.9. The summed E-state index contributed by atoms with van der Waals surface area (Å²) in [4.78, 5) is 34.5. The Bertz CT molecular complexity index is 1740. The van der Waals surface area contributed by atoms with Crippen LogP contribution in [0.15, 0.2) is 23.8 Å². The number of hydrogen-bond acceptors (Lipinski definition) is 15. The Labute approximate surface area is 239 Å². The average Bonchev–Trinajstić information content (AvgIpc) is 3.64. The van der Waals surface area contributed by atoms with Crippen molar-refractivity contribution in [2.24, 2.45) is 5.92 Å². The Morgan fingerprint density at radius 1 is 1.19 bits per heavy atom. The molecule has 0 saturated carbocycles. The van der Waals surface area contributed by atoms with Crippen LogP contribution in [-0.2, 0) is 23.1 Å². The first-order valence-corrected chi connectivity index (χ1v) is 15.2. The first-order valence-electron chi connectivity index (χ1n) is 12.5. The van der Waals surface area contributed by atoms with E-state index in [1.807, 2.05) is 0 Å². The monoisotopic (exact) mass is 628 g/mol. The molecule has 2 saturated heterocycles. The van der Waals surface area contributed by atoms with Crippen LogP contribution < -0.4 is 17.0 Å². The molecule has 2 aliphatic heterocycles. The van der Waals surface area contributed by atoms with Crippen molar-refractivity contribution in [1.82, 2.24) is 39.0 Å². The van der Waals surface area contributed by atoms with Gasteiger partial charge in [0.05, 0.1) is 32.0 Å². The number of nitrogens with two attached hydrogens (primary N) is 2. The summed E-state index contributed by atoms with van der Waals surface area (Å²) in [5.41, 5.74) is 11.0. The highest BCUT2D eigenvalue weighted by atomic mass is 32.7. The van der Waals surface area contributed by atoms with E-state index in [4.69, 9.17) is 30.0 Å². The van der Waals surface area contributed by atoms with Gasteiger partial charge in [-0.05, 0) is 0 Å². The highest BCUT2D eigenvalue weighted by molar-refractivity contribution is 8.44. The van der Waals surface area contributed by atoms with E-state index in [9.17, 15) is 19.6 Å². The number of fused-ring (bicyclic) bond motifs is 3. The molecular formula is C21H26FN10O8PS. The number of H-pyrrole nitrogens is 1. The maximum Gasteiger partial charge on any atom is 0.386 e. The molecule has 0 spiro atoms. The highest BCUT2D eigenvalue weighted by Crippen LogP contribution is 2.56. The Kier molecular flexibility index (Phi) is 7.42. The SMILES string of the molecule is CC1COC2C(COP(=O)(S)OC(C(O)n3cnc4c(=O)[nH]c(N)nc43)C1O)OC(n1cnc3c(N)ncnc31)C2F. The molecule has 4 aromatic rings. The van der Waals surface area contributed by atoms with E-state index in [-0.39, 0.29) is 40.7 Å². The second kappa shape index (κ2) is 10.8. The first-order chi connectivity index (χ1) is 19.9. The number of thiol groups is 1. The normalized spacial score (nSPS) is 33.4. The quantitative estimate of drug-likeness (QED) is 0.126. The summed E-state index contributed by atoms with van der Waals surface area (Å²) < 4.78 is 54.3. The van der Waals surface area contributed by atoms with Crippen LogP contribution in [0.25, 0.3) is 22.3 Å². The molecule has 9 unspecified atom stereocenters. The van der Waals surface area contributed by atoms with Crippen LogP contribution in [0.3, 0.4) is 0 Å². The summed E-state index contributed by atoms with van der Waals surface area (Å²) in [5, 5.41) is 22.4. The topological polar surface area (TPSA) is 254 Å². The molecular weight excluding hydrogens is 602 g/mol. The molecule has 18 nitrogen and oxygen atoms in total. The molecule has 9 atom stereocenters. The van der Waals surface area contributed by atoms with Crippen LogP contribution >= 0.6 is 19.0 Å². The Balaban J connectivity index is 1.28. The lowest BCUT2D eigenvalue weighted by Gasteiger charge is -2.32. The van der Waals surface area contributed by atoms with E-state index >= 15 is 4.39 Å². The van der Waals surface area contributed by atoms with Gasteiger partial charge in [-0.2, -0.15) is 4.98 Å². The number of nitrogens with zero attached hydrogens (tertiary/aromatic N) is 7. The van der Waals surface area contributed by atoms with E-state index in [1.165, 1.54) is 17.2 Å². The molecule has 0 radical (unpaired) electrons. The van der Waals surface area contributed by atoms with Gasteiger partial charge < -0.3 is 31.2 Å². The van der Waals surface area contributed by atoms with Gasteiger partial charge in [0.25, 0.3) is 5.56 Å². The highest BCUT2D eigenvalue weighted by Gasteiger charge is 2.50. The van der Waals surface area contributed by atoms with Crippen molar-refractivity contribution in [3.8, 4) is 0 Å². The second-order valence-electron chi connectivity index (χ2n) is 9.88. The Hall–Kier alpha value is -3.23. The van der Waals surface area contributed by atoms with Crippen molar-refractivity contribution in [1.29, 1.82) is 0 Å². The first kappa shape index (κ1) is 28.9. The fraction of sp³-hybridized carbons (Fsp3) is 0.524. The largest absolute Gasteiger partial charge is 0.390 e. The van der Waals surface area contributed by atoms with Gasteiger partial charge >= 0.3 is 6.80 Å². The number of ether oxygens (including phenoxy) is 2. The van der Waals surface area contributed by atoms with Gasteiger partial charge in [0.2, 0.25) is 5.95 Å². The van der Waals surface area contributed by atoms with Crippen molar-refractivity contribution in [2.75, 3.05) is 24.7 Å². The molecule has 226 valence electrons. The van der Waals surface area contributed by atoms with Crippen LogP contribution in [0.5, 0.6) is 0 Å². The van der Waals surface area contributed by atoms with Crippen LogP contribution in [0, 0.1) is 5.92 Å². The van der Waals surface area contributed by atoms with E-state index in [0.717, 1.165) is 10.9 Å². The van der Waals surface area contributed by atoms with Gasteiger partial charge in [0, 0.05) is 5.92 Å². The molecule has 7 N–H and O–H groups in total. The summed E-state index contributed by atoms with van der Waals surface area (Å²) in [6.45, 7) is -3.55. The summed E-state index contributed by atoms with van der Waals surface area (Å²) >= 11 is 4.01. The van der Waals surface area contributed by atoms with Gasteiger partial charge in [0.15, 0.2) is 41.3 Å². The molecule has 21 heteroatoms. The van der Waals surface area contributed by atoms with Crippen LogP contribution in [-0.4, -0.2) is 93.1 Å². The zero-order valence-electron chi connectivity index (χ0n) is 21.7. The number of aromatic nitrogens is 8. The minimum absolute atomic E-state index is 0.101. The van der Waals surface area contributed by atoms with Crippen LogP contribution in [0.4, 0.5) is 16.2 Å². The van der Waals surface area contributed by atoms with Crippen LogP contribution in [0.2, 0.25) is 0 Å². The summed E-state index contributed by atoms with van der Waals surface area (Å²) in [6.07, 6.45) is -6.86. The van der Waals surface area contributed by atoms with Gasteiger partial charge in [-0.15, -0.1) is 0 Å². The maximum atomic E-state index is 15.9.